The summed E-state index contributed by atoms with van der Waals surface area (Å²) in [6.07, 6.45) is 0.808. The molecule has 20 heavy (non-hydrogen) atoms. The van der Waals surface area contributed by atoms with E-state index >= 15 is 0 Å². The molecule has 0 spiro atoms. The molecule has 0 saturated heterocycles. The number of rotatable bonds is 3. The van der Waals surface area contributed by atoms with Crippen molar-refractivity contribution >= 4 is 28.4 Å². The predicted molar refractivity (Wildman–Crippen MR) is 80.5 cm³/mol. The number of ketones is 1. The predicted octanol–water partition coefficient (Wildman–Crippen LogP) is 4.88. The lowest BCUT2D eigenvalue weighted by Crippen LogP contribution is -2.03. The third-order valence-electron chi connectivity index (χ3n) is 3.36. The lowest BCUT2D eigenvalue weighted by molar-refractivity contribution is 0.101. The lowest BCUT2D eigenvalue weighted by Gasteiger charge is -2.04. The molecule has 0 aliphatic carbocycles. The van der Waals surface area contributed by atoms with Crippen LogP contribution in [-0.2, 0) is 6.42 Å². The van der Waals surface area contributed by atoms with Crippen molar-refractivity contribution in [3.8, 4) is 0 Å². The van der Waals surface area contributed by atoms with E-state index < -0.39 is 0 Å². The number of carbonyl (C=O) groups is 1. The van der Waals surface area contributed by atoms with E-state index in [2.05, 4.69) is 0 Å². The first-order valence-corrected chi connectivity index (χ1v) is 6.89. The highest BCUT2D eigenvalue weighted by molar-refractivity contribution is 6.35. The van der Waals surface area contributed by atoms with Crippen LogP contribution in [0.25, 0.3) is 11.0 Å². The number of para-hydroxylation sites is 1. The van der Waals surface area contributed by atoms with Gasteiger partial charge in [0, 0.05) is 10.9 Å². The number of furan rings is 1. The van der Waals surface area contributed by atoms with Crippen molar-refractivity contribution in [2.75, 3.05) is 0 Å². The zero-order valence-corrected chi connectivity index (χ0v) is 11.8. The second-order valence-corrected chi connectivity index (χ2v) is 5.02. The van der Waals surface area contributed by atoms with Gasteiger partial charge < -0.3 is 4.42 Å². The normalized spacial score (nSPS) is 10.9. The molecule has 0 amide bonds. The van der Waals surface area contributed by atoms with Gasteiger partial charge in [-0.1, -0.05) is 54.9 Å². The zero-order valence-electron chi connectivity index (χ0n) is 11.0. The summed E-state index contributed by atoms with van der Waals surface area (Å²) in [5.41, 5.74) is 2.26. The molecule has 2 nitrogen and oxygen atoms in total. The summed E-state index contributed by atoms with van der Waals surface area (Å²) in [4.78, 5) is 12.6. The number of fused-ring (bicyclic) bond motifs is 1. The van der Waals surface area contributed by atoms with Crippen molar-refractivity contribution in [1.82, 2.24) is 0 Å². The molecule has 3 rings (SSSR count). The second kappa shape index (κ2) is 5.14. The molecule has 0 radical (unpaired) electrons. The minimum atomic E-state index is -0.102. The van der Waals surface area contributed by atoms with E-state index in [-0.39, 0.29) is 5.78 Å². The summed E-state index contributed by atoms with van der Waals surface area (Å²) >= 11 is 6.07. The van der Waals surface area contributed by atoms with Gasteiger partial charge in [0.15, 0.2) is 11.3 Å². The second-order valence-electron chi connectivity index (χ2n) is 4.61. The Morgan fingerprint density at radius 1 is 1.15 bits per heavy atom. The van der Waals surface area contributed by atoms with Crippen molar-refractivity contribution in [2.24, 2.45) is 0 Å². The van der Waals surface area contributed by atoms with Crippen LogP contribution in [-0.4, -0.2) is 5.78 Å². The summed E-state index contributed by atoms with van der Waals surface area (Å²) < 4.78 is 5.63. The van der Waals surface area contributed by atoms with Gasteiger partial charge in [-0.05, 0) is 24.1 Å². The molecule has 0 saturated carbocycles. The number of hydrogen-bond donors (Lipinski definition) is 0. The Bertz CT molecular complexity index is 787. The topological polar surface area (TPSA) is 30.2 Å². The quantitative estimate of drug-likeness (QED) is 0.642. The molecule has 2 aromatic carbocycles. The summed E-state index contributed by atoms with van der Waals surface area (Å²) in [7, 11) is 0. The molecule has 3 heteroatoms. The molecule has 0 unspecified atom stereocenters. The maximum Gasteiger partial charge on any atom is 0.228 e. The van der Waals surface area contributed by atoms with E-state index in [1.807, 2.05) is 43.3 Å². The van der Waals surface area contributed by atoms with Gasteiger partial charge >= 0.3 is 0 Å². The molecule has 0 aliphatic heterocycles. The van der Waals surface area contributed by atoms with Crippen LogP contribution in [0, 0.1) is 0 Å². The number of aryl methyl sites for hydroxylation is 1. The Balaban J connectivity index is 2.11. The highest BCUT2D eigenvalue weighted by Gasteiger charge is 2.17. The van der Waals surface area contributed by atoms with Crippen molar-refractivity contribution in [3.63, 3.8) is 0 Å². The number of halogens is 1. The molecular formula is C17H13ClO2. The minimum absolute atomic E-state index is 0.102. The van der Waals surface area contributed by atoms with E-state index in [9.17, 15) is 4.79 Å². The van der Waals surface area contributed by atoms with Crippen LogP contribution in [0.5, 0.6) is 0 Å². The van der Waals surface area contributed by atoms with Crippen molar-refractivity contribution < 1.29 is 9.21 Å². The van der Waals surface area contributed by atoms with Crippen LogP contribution in [0.1, 0.15) is 28.6 Å². The monoisotopic (exact) mass is 284 g/mol. The van der Waals surface area contributed by atoms with E-state index in [1.54, 1.807) is 12.1 Å². The minimum Gasteiger partial charge on any atom is -0.451 e. The Labute approximate surface area is 122 Å². The largest absolute Gasteiger partial charge is 0.451 e. The molecular weight excluding hydrogens is 272 g/mol. The molecule has 0 atom stereocenters. The number of hydrogen-bond acceptors (Lipinski definition) is 2. The van der Waals surface area contributed by atoms with Crippen LogP contribution in [0.2, 0.25) is 5.02 Å². The van der Waals surface area contributed by atoms with Gasteiger partial charge in [0.05, 0.1) is 5.02 Å². The van der Waals surface area contributed by atoms with Crippen molar-refractivity contribution in [2.45, 2.75) is 13.3 Å². The smallest absolute Gasteiger partial charge is 0.228 e. The Morgan fingerprint density at radius 2 is 1.95 bits per heavy atom. The van der Waals surface area contributed by atoms with Crippen LogP contribution < -0.4 is 0 Å². The molecule has 3 aromatic rings. The standard InChI is InChI=1S/C17H13ClO2/c1-2-11-6-3-4-8-13(11)16(19)15-10-12-7-5-9-14(18)17(12)20-15/h3-10H,2H2,1H3. The molecule has 1 aromatic heterocycles. The molecule has 0 N–H and O–H groups in total. The highest BCUT2D eigenvalue weighted by Crippen LogP contribution is 2.28. The van der Waals surface area contributed by atoms with E-state index in [0.29, 0.717) is 21.9 Å². The third-order valence-corrected chi connectivity index (χ3v) is 3.66. The average Bonchev–Trinajstić information content (AvgIpc) is 2.92. The number of carbonyl (C=O) groups excluding carboxylic acids is 1. The highest BCUT2D eigenvalue weighted by atomic mass is 35.5. The number of benzene rings is 2. The Morgan fingerprint density at radius 3 is 2.70 bits per heavy atom. The SMILES string of the molecule is CCc1ccccc1C(=O)c1cc2cccc(Cl)c2o1. The van der Waals surface area contributed by atoms with E-state index in [1.165, 1.54) is 0 Å². The lowest BCUT2D eigenvalue weighted by atomic mass is 10.0. The van der Waals surface area contributed by atoms with E-state index in [0.717, 1.165) is 17.4 Å². The first kappa shape index (κ1) is 12.9. The molecule has 0 aliphatic rings. The molecule has 0 fully saturated rings. The third kappa shape index (κ3) is 2.12. The first-order valence-electron chi connectivity index (χ1n) is 6.51. The Kier molecular flexibility index (Phi) is 3.33. The van der Waals surface area contributed by atoms with Crippen LogP contribution >= 0.6 is 11.6 Å². The summed E-state index contributed by atoms with van der Waals surface area (Å²) in [6.45, 7) is 2.03. The fraction of sp³-hybridized carbons (Fsp3) is 0.118. The van der Waals surface area contributed by atoms with Crippen molar-refractivity contribution in [1.29, 1.82) is 0 Å². The summed E-state index contributed by atoms with van der Waals surface area (Å²) in [5, 5.41) is 1.36. The summed E-state index contributed by atoms with van der Waals surface area (Å²) in [6, 6.07) is 14.8. The van der Waals surface area contributed by atoms with Crippen molar-refractivity contribution in [3.05, 3.63) is 70.4 Å². The first-order chi connectivity index (χ1) is 9.70. The molecule has 100 valence electrons. The fourth-order valence-electron chi connectivity index (χ4n) is 2.32. The maximum absolute atomic E-state index is 12.6. The van der Waals surface area contributed by atoms with Gasteiger partial charge in [-0.15, -0.1) is 0 Å². The summed E-state index contributed by atoms with van der Waals surface area (Å²) in [5.74, 6) is 0.226. The molecule has 1 heterocycles. The van der Waals surface area contributed by atoms with Crippen LogP contribution in [0.3, 0.4) is 0 Å². The van der Waals surface area contributed by atoms with Gasteiger partial charge in [-0.3, -0.25) is 4.79 Å². The molecule has 0 bridgehead atoms. The van der Waals surface area contributed by atoms with Gasteiger partial charge in [0.2, 0.25) is 5.78 Å². The van der Waals surface area contributed by atoms with E-state index in [4.69, 9.17) is 16.0 Å². The van der Waals surface area contributed by atoms with Gasteiger partial charge in [-0.25, -0.2) is 0 Å². The van der Waals surface area contributed by atoms with Gasteiger partial charge in [0.25, 0.3) is 0 Å². The maximum atomic E-state index is 12.6. The zero-order chi connectivity index (χ0) is 14.1. The van der Waals surface area contributed by atoms with Crippen LogP contribution in [0.4, 0.5) is 0 Å². The average molecular weight is 285 g/mol. The van der Waals surface area contributed by atoms with Crippen LogP contribution in [0.15, 0.2) is 52.9 Å². The fourth-order valence-corrected chi connectivity index (χ4v) is 2.54. The Hall–Kier alpha value is -2.06. The van der Waals surface area contributed by atoms with Gasteiger partial charge in [0.1, 0.15) is 0 Å². The van der Waals surface area contributed by atoms with Gasteiger partial charge in [-0.2, -0.15) is 0 Å².